The Bertz CT molecular complexity index is 177. The second-order valence-electron chi connectivity index (χ2n) is 1.79. The Kier molecular flexibility index (Phi) is 3.50. The maximum absolute atomic E-state index is 5.72. The number of imidazole rings is 1. The van der Waals surface area contributed by atoms with E-state index in [1.54, 1.807) is 0 Å². The van der Waals surface area contributed by atoms with Crippen molar-refractivity contribution in [3.05, 3.63) is 17.7 Å². The first-order valence-electron chi connectivity index (χ1n) is 2.38. The Morgan fingerprint density at radius 3 is 2.33 bits per heavy atom. The fourth-order valence-electron chi connectivity index (χ4n) is 0.572. The van der Waals surface area contributed by atoms with Crippen molar-refractivity contribution in [3.8, 4) is 0 Å². The molecule has 52 valence electrons. The van der Waals surface area contributed by atoms with E-state index in [4.69, 9.17) is 11.6 Å². The van der Waals surface area contributed by atoms with Gasteiger partial charge in [-0.2, -0.15) is 0 Å². The van der Waals surface area contributed by atoms with E-state index in [9.17, 15) is 0 Å². The number of halogens is 2. The Hall–Kier alpha value is 0.230. The topological polar surface area (TPSA) is 8.81 Å². The molecule has 0 bridgehead atoms. The molecule has 1 heterocycles. The molecule has 2 nitrogen and oxygen atoms in total. The van der Waals surface area contributed by atoms with Crippen LogP contribution in [0, 0.1) is 0 Å². The minimum absolute atomic E-state index is 0. The summed E-state index contributed by atoms with van der Waals surface area (Å²) in [5.74, 6) is 0. The third-order valence-corrected chi connectivity index (χ3v) is 1.63. The van der Waals surface area contributed by atoms with Gasteiger partial charge in [0.2, 0.25) is 0 Å². The van der Waals surface area contributed by atoms with Gasteiger partial charge in [0.05, 0.1) is 14.1 Å². The van der Waals surface area contributed by atoms with Gasteiger partial charge in [0.25, 0.3) is 0 Å². The number of rotatable bonds is 0. The molecule has 0 atom stereocenters. The minimum Gasteiger partial charge on any atom is -1.00 e. The fraction of sp³-hybridized carbons (Fsp3) is 0.400. The third-order valence-electron chi connectivity index (χ3n) is 1.10. The molecule has 0 spiro atoms. The molecule has 0 radical (unpaired) electrons. The van der Waals surface area contributed by atoms with Crippen LogP contribution >= 0.6 is 11.6 Å². The third kappa shape index (κ3) is 1.82. The average Bonchev–Trinajstić information content (AvgIpc) is 1.98. The smallest absolute Gasteiger partial charge is 0.354 e. The summed E-state index contributed by atoms with van der Waals surface area (Å²) in [5.41, 5.74) is 0. The zero-order chi connectivity index (χ0) is 6.15. The Labute approximate surface area is 76.5 Å². The van der Waals surface area contributed by atoms with Gasteiger partial charge in [-0.15, -0.1) is 0 Å². The van der Waals surface area contributed by atoms with Crippen molar-refractivity contribution >= 4 is 11.6 Å². The second kappa shape index (κ2) is 3.41. The highest BCUT2D eigenvalue weighted by Gasteiger charge is 2.04. The summed E-state index contributed by atoms with van der Waals surface area (Å²) in [4.78, 5) is 0. The molecule has 9 heavy (non-hydrogen) atoms. The lowest BCUT2D eigenvalue weighted by Crippen LogP contribution is -3.00. The zero-order valence-electron chi connectivity index (χ0n) is 5.31. The van der Waals surface area contributed by atoms with Gasteiger partial charge in [0, 0.05) is 11.6 Å². The van der Waals surface area contributed by atoms with Gasteiger partial charge in [-0.3, -0.25) is 0 Å². The number of nitrogens with zero attached hydrogens (tertiary/aromatic N) is 2. The van der Waals surface area contributed by atoms with Gasteiger partial charge in [-0.05, 0) is 0 Å². The van der Waals surface area contributed by atoms with Gasteiger partial charge in [-0.25, -0.2) is 9.13 Å². The second-order valence-corrected chi connectivity index (χ2v) is 2.13. The molecule has 1 aromatic heterocycles. The molecule has 0 N–H and O–H groups in total. The SMILES string of the molecule is Cn1cc[n+](C)c1Cl.[I-]. The summed E-state index contributed by atoms with van der Waals surface area (Å²) in [6, 6.07) is 0. The first-order chi connectivity index (χ1) is 3.72. The maximum atomic E-state index is 5.72. The highest BCUT2D eigenvalue weighted by Crippen LogP contribution is 1.96. The zero-order valence-corrected chi connectivity index (χ0v) is 8.22. The molecule has 1 aromatic rings. The van der Waals surface area contributed by atoms with Gasteiger partial charge in [0.1, 0.15) is 12.4 Å². The van der Waals surface area contributed by atoms with Crippen molar-refractivity contribution < 1.29 is 28.5 Å². The van der Waals surface area contributed by atoms with E-state index in [0.717, 1.165) is 5.28 Å². The first-order valence-corrected chi connectivity index (χ1v) is 2.76. The van der Waals surface area contributed by atoms with Crippen LogP contribution in [0.25, 0.3) is 0 Å². The first kappa shape index (κ1) is 9.23. The lowest BCUT2D eigenvalue weighted by atomic mass is 10.9. The average molecular weight is 258 g/mol. The molecule has 0 aliphatic heterocycles. The number of hydrogen-bond donors (Lipinski definition) is 0. The molecule has 4 heteroatoms. The Morgan fingerprint density at radius 2 is 2.22 bits per heavy atom. The molecule has 1 rings (SSSR count). The fourth-order valence-corrected chi connectivity index (χ4v) is 0.685. The molecule has 0 saturated carbocycles. The van der Waals surface area contributed by atoms with E-state index in [0.29, 0.717) is 0 Å². The number of aryl methyl sites for hydroxylation is 2. The predicted molar refractivity (Wildman–Crippen MR) is 31.6 cm³/mol. The van der Waals surface area contributed by atoms with E-state index in [1.165, 1.54) is 0 Å². The predicted octanol–water partition coefficient (Wildman–Crippen LogP) is -2.49. The molecule has 0 aromatic carbocycles. The monoisotopic (exact) mass is 258 g/mol. The molecule has 0 unspecified atom stereocenters. The van der Waals surface area contributed by atoms with Crippen LogP contribution in [-0.2, 0) is 14.1 Å². The quantitative estimate of drug-likeness (QED) is 0.360. The highest BCUT2D eigenvalue weighted by molar-refractivity contribution is 6.27. The van der Waals surface area contributed by atoms with Crippen LogP contribution in [0.2, 0.25) is 5.28 Å². The van der Waals surface area contributed by atoms with Crippen molar-refractivity contribution in [3.63, 3.8) is 0 Å². The van der Waals surface area contributed by atoms with Crippen LogP contribution in [0.3, 0.4) is 0 Å². The van der Waals surface area contributed by atoms with Crippen molar-refractivity contribution in [1.82, 2.24) is 4.57 Å². The molecule has 0 saturated heterocycles. The highest BCUT2D eigenvalue weighted by atomic mass is 127. The lowest BCUT2D eigenvalue weighted by molar-refractivity contribution is -0.668. The molecular formula is C5H8ClIN2. The molecule has 0 fully saturated rings. The van der Waals surface area contributed by atoms with E-state index < -0.39 is 0 Å². The number of aromatic nitrogens is 2. The maximum Gasteiger partial charge on any atom is 0.354 e. The van der Waals surface area contributed by atoms with Crippen LogP contribution in [0.5, 0.6) is 0 Å². The normalized spacial score (nSPS) is 8.78. The van der Waals surface area contributed by atoms with E-state index >= 15 is 0 Å². The summed E-state index contributed by atoms with van der Waals surface area (Å²) in [6.07, 6.45) is 3.81. The standard InChI is InChI=1S/C5H8ClN2.HI/c1-7-3-4-8(2)5(7)6;/h3-4H,1-2H3;1H/q+1;/p-1. The number of hydrogen-bond acceptors (Lipinski definition) is 0. The molecule has 0 amide bonds. The summed E-state index contributed by atoms with van der Waals surface area (Å²) in [7, 11) is 3.81. The van der Waals surface area contributed by atoms with Crippen LogP contribution in [0.15, 0.2) is 12.4 Å². The Morgan fingerprint density at radius 1 is 1.67 bits per heavy atom. The van der Waals surface area contributed by atoms with Crippen LogP contribution in [-0.4, -0.2) is 4.57 Å². The summed E-state index contributed by atoms with van der Waals surface area (Å²) in [6.45, 7) is 0. The van der Waals surface area contributed by atoms with Gasteiger partial charge >= 0.3 is 5.28 Å². The van der Waals surface area contributed by atoms with Crippen molar-refractivity contribution in [2.45, 2.75) is 0 Å². The molecule has 0 aliphatic carbocycles. The van der Waals surface area contributed by atoms with Crippen LogP contribution in [0.1, 0.15) is 0 Å². The van der Waals surface area contributed by atoms with Crippen molar-refractivity contribution in [2.75, 3.05) is 0 Å². The summed E-state index contributed by atoms with van der Waals surface area (Å²) in [5, 5.41) is 0.741. The lowest BCUT2D eigenvalue weighted by Gasteiger charge is -1.81. The summed E-state index contributed by atoms with van der Waals surface area (Å²) < 4.78 is 3.70. The summed E-state index contributed by atoms with van der Waals surface area (Å²) >= 11 is 5.72. The molecular weight excluding hydrogens is 250 g/mol. The van der Waals surface area contributed by atoms with Crippen molar-refractivity contribution in [1.29, 1.82) is 0 Å². The molecule has 0 aliphatic rings. The van der Waals surface area contributed by atoms with Gasteiger partial charge in [0.15, 0.2) is 0 Å². The van der Waals surface area contributed by atoms with Gasteiger partial charge in [-0.1, -0.05) is 0 Å². The van der Waals surface area contributed by atoms with Gasteiger partial charge < -0.3 is 24.0 Å². The largest absolute Gasteiger partial charge is 1.00 e. The van der Waals surface area contributed by atoms with E-state index in [-0.39, 0.29) is 24.0 Å². The van der Waals surface area contributed by atoms with Crippen LogP contribution in [0.4, 0.5) is 0 Å². The van der Waals surface area contributed by atoms with Crippen LogP contribution < -0.4 is 28.5 Å². The Balaban J connectivity index is 0.000000640. The van der Waals surface area contributed by atoms with E-state index in [2.05, 4.69) is 0 Å². The van der Waals surface area contributed by atoms with Crippen molar-refractivity contribution in [2.24, 2.45) is 14.1 Å². The van der Waals surface area contributed by atoms with E-state index in [1.807, 2.05) is 35.6 Å². The minimum atomic E-state index is 0.